The van der Waals surface area contributed by atoms with Crippen molar-refractivity contribution >= 4 is 34.1 Å². The van der Waals surface area contributed by atoms with Crippen LogP contribution in [0.4, 0.5) is 0 Å². The summed E-state index contributed by atoms with van der Waals surface area (Å²) in [6.07, 6.45) is 0. The van der Waals surface area contributed by atoms with Gasteiger partial charge in [-0.25, -0.2) is 4.79 Å². The molecule has 1 aromatic carbocycles. The van der Waals surface area contributed by atoms with Crippen LogP contribution in [0.5, 0.6) is 0 Å². The highest BCUT2D eigenvalue weighted by atomic mass is 32.2. The van der Waals surface area contributed by atoms with E-state index in [2.05, 4.69) is 20.8 Å². The van der Waals surface area contributed by atoms with Crippen LogP contribution in [0.1, 0.15) is 38.1 Å². The topological polar surface area (TPSA) is 26.3 Å². The van der Waals surface area contributed by atoms with E-state index in [0.717, 1.165) is 9.09 Å². The molecule has 0 unspecified atom stereocenters. The lowest BCUT2D eigenvalue weighted by Crippen LogP contribution is -2.15. The number of thioether (sulfide) groups is 1. The minimum absolute atomic E-state index is 0.0677. The molecule has 0 bridgehead atoms. The smallest absolute Gasteiger partial charge is 0.339 e. The van der Waals surface area contributed by atoms with E-state index in [0.29, 0.717) is 12.2 Å². The van der Waals surface area contributed by atoms with E-state index in [1.807, 2.05) is 18.2 Å². The second-order valence-electron chi connectivity index (χ2n) is 4.86. The predicted octanol–water partition coefficient (Wildman–Crippen LogP) is 4.33. The minimum Gasteiger partial charge on any atom is -0.462 e. The highest BCUT2D eigenvalue weighted by molar-refractivity contribution is 8.23. The average Bonchev–Trinajstić information content (AvgIpc) is 2.28. The van der Waals surface area contributed by atoms with E-state index >= 15 is 0 Å². The van der Waals surface area contributed by atoms with Crippen LogP contribution in [-0.4, -0.2) is 16.8 Å². The van der Waals surface area contributed by atoms with Crippen molar-refractivity contribution in [2.45, 2.75) is 32.6 Å². The summed E-state index contributed by atoms with van der Waals surface area (Å²) in [6.45, 7) is 8.37. The summed E-state index contributed by atoms with van der Waals surface area (Å²) >= 11 is 6.86. The van der Waals surface area contributed by atoms with E-state index in [9.17, 15) is 4.79 Å². The molecule has 4 heteroatoms. The van der Waals surface area contributed by atoms with Gasteiger partial charge in [-0.05, 0) is 19.1 Å². The lowest BCUT2D eigenvalue weighted by atomic mass is 10.0. The molecule has 0 spiro atoms. The molecule has 0 saturated heterocycles. The number of ether oxygens (including phenoxy) is 1. The normalized spacial score (nSPS) is 11.1. The molecule has 0 N–H and O–H groups in total. The molecule has 1 aromatic rings. The van der Waals surface area contributed by atoms with Crippen molar-refractivity contribution in [2.75, 3.05) is 6.61 Å². The molecule has 0 amide bonds. The third kappa shape index (κ3) is 4.10. The second-order valence-corrected chi connectivity index (χ2v) is 6.58. The van der Waals surface area contributed by atoms with Crippen molar-refractivity contribution in [1.82, 2.24) is 0 Å². The van der Waals surface area contributed by atoms with Crippen molar-refractivity contribution in [1.29, 1.82) is 0 Å². The maximum Gasteiger partial charge on any atom is 0.339 e. The SMILES string of the molecule is CCOC(=O)c1ccccc1SC(=S)C(C)(C)C. The molecule has 2 nitrogen and oxygen atoms in total. The minimum atomic E-state index is -0.294. The maximum atomic E-state index is 11.8. The van der Waals surface area contributed by atoms with Crippen molar-refractivity contribution < 1.29 is 9.53 Å². The first-order chi connectivity index (χ1) is 8.36. The molecule has 0 aromatic heterocycles. The van der Waals surface area contributed by atoms with E-state index in [1.54, 1.807) is 13.0 Å². The quantitative estimate of drug-likeness (QED) is 0.468. The fourth-order valence-electron chi connectivity index (χ4n) is 1.19. The van der Waals surface area contributed by atoms with Crippen LogP contribution in [0.2, 0.25) is 0 Å². The van der Waals surface area contributed by atoms with Crippen LogP contribution < -0.4 is 0 Å². The molecule has 0 fully saturated rings. The lowest BCUT2D eigenvalue weighted by molar-refractivity contribution is 0.0522. The second kappa shape index (κ2) is 6.34. The molecular weight excluding hydrogens is 264 g/mol. The number of carbonyl (C=O) groups is 1. The lowest BCUT2D eigenvalue weighted by Gasteiger charge is -2.19. The van der Waals surface area contributed by atoms with Crippen molar-refractivity contribution in [2.24, 2.45) is 5.41 Å². The van der Waals surface area contributed by atoms with Gasteiger partial charge in [0.05, 0.1) is 16.4 Å². The monoisotopic (exact) mass is 282 g/mol. The van der Waals surface area contributed by atoms with Crippen molar-refractivity contribution in [3.05, 3.63) is 29.8 Å². The summed E-state index contributed by atoms with van der Waals surface area (Å²) in [6, 6.07) is 7.40. The molecular formula is C14H18O2S2. The van der Waals surface area contributed by atoms with E-state index in [-0.39, 0.29) is 11.4 Å². The molecule has 0 aliphatic heterocycles. The first-order valence-electron chi connectivity index (χ1n) is 5.84. The zero-order valence-electron chi connectivity index (χ0n) is 11.1. The third-order valence-electron chi connectivity index (χ3n) is 2.20. The molecule has 0 heterocycles. The Hall–Kier alpha value is -0.870. The standard InChI is InChI=1S/C14H18O2S2/c1-5-16-12(15)10-8-6-7-9-11(10)18-13(17)14(2,3)4/h6-9H,5H2,1-4H3. The van der Waals surface area contributed by atoms with E-state index in [1.165, 1.54) is 11.8 Å². The van der Waals surface area contributed by atoms with E-state index < -0.39 is 0 Å². The predicted molar refractivity (Wildman–Crippen MR) is 80.3 cm³/mol. The maximum absolute atomic E-state index is 11.8. The molecule has 0 aliphatic carbocycles. The highest BCUT2D eigenvalue weighted by Gasteiger charge is 2.21. The molecule has 98 valence electrons. The van der Waals surface area contributed by atoms with Gasteiger partial charge < -0.3 is 4.74 Å². The number of rotatable bonds is 3. The largest absolute Gasteiger partial charge is 0.462 e. The van der Waals surface area contributed by atoms with Gasteiger partial charge in [-0.15, -0.1) is 0 Å². The van der Waals surface area contributed by atoms with Crippen LogP contribution in [0.25, 0.3) is 0 Å². The van der Waals surface area contributed by atoms with Crippen LogP contribution >= 0.6 is 24.0 Å². The number of esters is 1. The van der Waals surface area contributed by atoms with Crippen molar-refractivity contribution in [3.63, 3.8) is 0 Å². The molecule has 18 heavy (non-hydrogen) atoms. The van der Waals surface area contributed by atoms with Crippen molar-refractivity contribution in [3.8, 4) is 0 Å². The summed E-state index contributed by atoms with van der Waals surface area (Å²) in [4.78, 5) is 12.7. The summed E-state index contributed by atoms with van der Waals surface area (Å²) in [5.41, 5.74) is 0.512. The number of benzene rings is 1. The van der Waals surface area contributed by atoms with Crippen LogP contribution in [0.3, 0.4) is 0 Å². The van der Waals surface area contributed by atoms with Gasteiger partial charge in [0.25, 0.3) is 0 Å². The zero-order chi connectivity index (χ0) is 13.8. The number of carbonyl (C=O) groups excluding carboxylic acids is 1. The Morgan fingerprint density at radius 1 is 1.33 bits per heavy atom. The summed E-state index contributed by atoms with van der Waals surface area (Å²) < 4.78 is 5.90. The fourth-order valence-corrected chi connectivity index (χ4v) is 2.37. The van der Waals surface area contributed by atoms with Gasteiger partial charge in [-0.3, -0.25) is 0 Å². The molecule has 0 atom stereocenters. The van der Waals surface area contributed by atoms with Gasteiger partial charge in [-0.2, -0.15) is 0 Å². The summed E-state index contributed by atoms with van der Waals surface area (Å²) in [5.74, 6) is -0.294. The van der Waals surface area contributed by atoms with Crippen LogP contribution in [-0.2, 0) is 4.74 Å². The average molecular weight is 282 g/mol. The Labute approximate surface area is 118 Å². The summed E-state index contributed by atoms with van der Waals surface area (Å²) in [7, 11) is 0. The van der Waals surface area contributed by atoms with Gasteiger partial charge in [0.1, 0.15) is 0 Å². The van der Waals surface area contributed by atoms with Gasteiger partial charge in [-0.1, -0.05) is 56.9 Å². The van der Waals surface area contributed by atoms with Crippen LogP contribution in [0.15, 0.2) is 29.2 Å². The Morgan fingerprint density at radius 2 is 1.94 bits per heavy atom. The highest BCUT2D eigenvalue weighted by Crippen LogP contribution is 2.32. The van der Waals surface area contributed by atoms with Gasteiger partial charge in [0.15, 0.2) is 0 Å². The number of thiocarbonyl (C=S) groups is 1. The Bertz CT molecular complexity index is 447. The van der Waals surface area contributed by atoms with Gasteiger partial charge >= 0.3 is 5.97 Å². The number of hydrogen-bond acceptors (Lipinski definition) is 4. The Balaban J connectivity index is 2.96. The molecule has 0 aliphatic rings. The molecule has 0 radical (unpaired) electrons. The summed E-state index contributed by atoms with van der Waals surface area (Å²) in [5, 5.41) is 0. The Morgan fingerprint density at radius 3 is 2.50 bits per heavy atom. The molecule has 0 saturated carbocycles. The number of hydrogen-bond donors (Lipinski definition) is 0. The van der Waals surface area contributed by atoms with Crippen LogP contribution in [0, 0.1) is 5.41 Å². The van der Waals surface area contributed by atoms with Gasteiger partial charge in [0.2, 0.25) is 0 Å². The Kier molecular flexibility index (Phi) is 5.35. The first-order valence-corrected chi connectivity index (χ1v) is 7.07. The van der Waals surface area contributed by atoms with E-state index in [4.69, 9.17) is 17.0 Å². The zero-order valence-corrected chi connectivity index (χ0v) is 12.8. The molecule has 1 rings (SSSR count). The fraction of sp³-hybridized carbons (Fsp3) is 0.429. The third-order valence-corrected chi connectivity index (χ3v) is 4.43. The first kappa shape index (κ1) is 15.2. The van der Waals surface area contributed by atoms with Gasteiger partial charge in [0, 0.05) is 10.3 Å².